The van der Waals surface area contributed by atoms with Gasteiger partial charge in [-0.1, -0.05) is 61.3 Å². The van der Waals surface area contributed by atoms with Crippen LogP contribution in [0.3, 0.4) is 0 Å². The molecule has 0 unspecified atom stereocenters. The van der Waals surface area contributed by atoms with Crippen molar-refractivity contribution in [2.45, 2.75) is 50.4 Å². The molecule has 2 amide bonds. The molecule has 2 N–H and O–H groups in total. The maximum Gasteiger partial charge on any atom is 0.244 e. The molecule has 0 bridgehead atoms. The number of benzene rings is 1. The largest absolute Gasteiger partial charge is 0.352 e. The highest BCUT2D eigenvalue weighted by Crippen LogP contribution is 2.24. The van der Waals surface area contributed by atoms with E-state index in [-0.39, 0.29) is 24.4 Å². The Balaban J connectivity index is 1.45. The Kier molecular flexibility index (Phi) is 8.54. The van der Waals surface area contributed by atoms with Gasteiger partial charge in [0.2, 0.25) is 11.8 Å². The van der Waals surface area contributed by atoms with Gasteiger partial charge in [-0.05, 0) is 36.5 Å². The molecule has 2 aromatic rings. The first-order valence-corrected chi connectivity index (χ1v) is 11.8. The van der Waals surface area contributed by atoms with Crippen LogP contribution in [0.25, 0.3) is 6.08 Å². The minimum absolute atomic E-state index is 0.0197. The zero-order chi connectivity index (χ0) is 22.2. The van der Waals surface area contributed by atoms with E-state index in [2.05, 4.69) is 27.8 Å². The zero-order valence-corrected chi connectivity index (χ0v) is 19.4. The Morgan fingerprint density at radius 3 is 2.81 bits per heavy atom. The highest BCUT2D eigenvalue weighted by atomic mass is 35.5. The van der Waals surface area contributed by atoms with Crippen molar-refractivity contribution in [1.29, 1.82) is 0 Å². The van der Waals surface area contributed by atoms with Crippen molar-refractivity contribution in [2.24, 2.45) is 13.0 Å². The molecular formula is C22H28ClN5O2S. The molecule has 0 saturated heterocycles. The van der Waals surface area contributed by atoms with Crippen LogP contribution in [0.2, 0.25) is 5.02 Å². The van der Waals surface area contributed by atoms with Crippen molar-refractivity contribution in [3.8, 4) is 0 Å². The number of amides is 2. The van der Waals surface area contributed by atoms with E-state index < -0.39 is 0 Å². The zero-order valence-electron chi connectivity index (χ0n) is 17.8. The van der Waals surface area contributed by atoms with Gasteiger partial charge in [-0.3, -0.25) is 9.59 Å². The van der Waals surface area contributed by atoms with Gasteiger partial charge >= 0.3 is 0 Å². The minimum Gasteiger partial charge on any atom is -0.352 e. The van der Waals surface area contributed by atoms with Gasteiger partial charge in [0.15, 0.2) is 11.0 Å². The number of hydrogen-bond acceptors (Lipinski definition) is 5. The lowest BCUT2D eigenvalue weighted by Gasteiger charge is -2.29. The van der Waals surface area contributed by atoms with Crippen LogP contribution in [0.4, 0.5) is 0 Å². The summed E-state index contributed by atoms with van der Waals surface area (Å²) in [4.78, 5) is 24.4. The second-order valence-electron chi connectivity index (χ2n) is 7.75. The van der Waals surface area contributed by atoms with Crippen LogP contribution in [0.15, 0.2) is 35.5 Å². The molecule has 0 radical (unpaired) electrons. The van der Waals surface area contributed by atoms with Crippen molar-refractivity contribution in [3.05, 3.63) is 46.8 Å². The Bertz CT molecular complexity index is 946. The highest BCUT2D eigenvalue weighted by Gasteiger charge is 2.23. The molecule has 1 heterocycles. The van der Waals surface area contributed by atoms with Crippen LogP contribution in [-0.2, 0) is 23.2 Å². The summed E-state index contributed by atoms with van der Waals surface area (Å²) in [6.07, 6.45) is 7.75. The van der Waals surface area contributed by atoms with E-state index in [9.17, 15) is 9.59 Å². The quantitative estimate of drug-likeness (QED) is 0.463. The van der Waals surface area contributed by atoms with Gasteiger partial charge in [0, 0.05) is 24.2 Å². The van der Waals surface area contributed by atoms with E-state index in [1.54, 1.807) is 16.7 Å². The molecule has 7 nitrogen and oxygen atoms in total. The van der Waals surface area contributed by atoms with Gasteiger partial charge in [0.05, 0.1) is 12.3 Å². The van der Waals surface area contributed by atoms with Gasteiger partial charge in [0.25, 0.3) is 0 Å². The summed E-state index contributed by atoms with van der Waals surface area (Å²) in [6.45, 7) is 2.44. The number of hydrogen-bond donors (Lipinski definition) is 2. The average Bonchev–Trinajstić information content (AvgIpc) is 3.11. The molecule has 1 fully saturated rings. The number of carbonyl (C=O) groups is 2. The summed E-state index contributed by atoms with van der Waals surface area (Å²) < 4.78 is 1.79. The summed E-state index contributed by atoms with van der Waals surface area (Å²) in [5.74, 6) is 1.20. The third-order valence-electron chi connectivity index (χ3n) is 5.46. The molecule has 0 aliphatic heterocycles. The number of thioether (sulfide) groups is 1. The fourth-order valence-corrected chi connectivity index (χ4v) is 4.47. The predicted molar refractivity (Wildman–Crippen MR) is 124 cm³/mol. The van der Waals surface area contributed by atoms with E-state index in [1.807, 2.05) is 25.2 Å². The highest BCUT2D eigenvalue weighted by molar-refractivity contribution is 7.99. The van der Waals surface area contributed by atoms with Crippen molar-refractivity contribution in [1.82, 2.24) is 25.4 Å². The molecule has 0 spiro atoms. The number of halogens is 1. The average molecular weight is 462 g/mol. The lowest BCUT2D eigenvalue weighted by Crippen LogP contribution is -2.41. The van der Waals surface area contributed by atoms with Crippen molar-refractivity contribution >= 4 is 41.3 Å². The van der Waals surface area contributed by atoms with Crippen molar-refractivity contribution in [2.75, 3.05) is 5.75 Å². The van der Waals surface area contributed by atoms with E-state index in [0.717, 1.165) is 12.0 Å². The van der Waals surface area contributed by atoms with Crippen LogP contribution in [0, 0.1) is 5.92 Å². The van der Waals surface area contributed by atoms with Gasteiger partial charge in [-0.15, -0.1) is 10.2 Å². The molecule has 1 aliphatic carbocycles. The normalized spacial score (nSPS) is 18.8. The molecule has 31 heavy (non-hydrogen) atoms. The van der Waals surface area contributed by atoms with Gasteiger partial charge in [-0.2, -0.15) is 0 Å². The molecule has 3 rings (SSSR count). The minimum atomic E-state index is -0.252. The van der Waals surface area contributed by atoms with Gasteiger partial charge in [-0.25, -0.2) is 0 Å². The molecule has 166 valence electrons. The molecule has 2 atom stereocenters. The fraction of sp³-hybridized carbons (Fsp3) is 0.455. The number of aromatic nitrogens is 3. The van der Waals surface area contributed by atoms with E-state index in [4.69, 9.17) is 11.6 Å². The molecule has 1 aromatic carbocycles. The molecule has 1 aromatic heterocycles. The number of nitrogens with zero attached hydrogens (tertiary/aromatic N) is 3. The summed E-state index contributed by atoms with van der Waals surface area (Å²) in [5, 5.41) is 15.4. The summed E-state index contributed by atoms with van der Waals surface area (Å²) in [6, 6.07) is 7.57. The first-order valence-electron chi connectivity index (χ1n) is 10.4. The Labute approximate surface area is 192 Å². The summed E-state index contributed by atoms with van der Waals surface area (Å²) >= 11 is 7.43. The van der Waals surface area contributed by atoms with Crippen LogP contribution in [-0.4, -0.2) is 38.4 Å². The maximum absolute atomic E-state index is 12.3. The molecule has 9 heteroatoms. The van der Waals surface area contributed by atoms with E-state index in [0.29, 0.717) is 27.7 Å². The monoisotopic (exact) mass is 461 g/mol. The van der Waals surface area contributed by atoms with Gasteiger partial charge < -0.3 is 15.2 Å². The van der Waals surface area contributed by atoms with Crippen LogP contribution < -0.4 is 10.6 Å². The topological polar surface area (TPSA) is 88.9 Å². The maximum atomic E-state index is 12.3. The third-order valence-corrected chi connectivity index (χ3v) is 6.82. The Hall–Kier alpha value is -2.32. The van der Waals surface area contributed by atoms with Crippen LogP contribution in [0.1, 0.15) is 44.0 Å². The van der Waals surface area contributed by atoms with E-state index >= 15 is 0 Å². The van der Waals surface area contributed by atoms with Crippen molar-refractivity contribution in [3.63, 3.8) is 0 Å². The first kappa shape index (κ1) is 23.3. The van der Waals surface area contributed by atoms with E-state index in [1.165, 1.54) is 37.1 Å². The second-order valence-corrected chi connectivity index (χ2v) is 9.10. The molecular weight excluding hydrogens is 434 g/mol. The summed E-state index contributed by atoms with van der Waals surface area (Å²) in [7, 11) is 1.82. The Morgan fingerprint density at radius 1 is 1.26 bits per heavy atom. The number of nitrogens with one attached hydrogen (secondary N) is 2. The van der Waals surface area contributed by atoms with Gasteiger partial charge in [0.1, 0.15) is 0 Å². The number of carbonyl (C=O) groups excluding carboxylic acids is 2. The Morgan fingerprint density at radius 2 is 2.03 bits per heavy atom. The fourth-order valence-electron chi connectivity index (χ4n) is 3.53. The number of rotatable bonds is 8. The smallest absolute Gasteiger partial charge is 0.244 e. The van der Waals surface area contributed by atoms with Crippen LogP contribution in [0.5, 0.6) is 0 Å². The predicted octanol–water partition coefficient (Wildman–Crippen LogP) is 3.59. The lowest BCUT2D eigenvalue weighted by molar-refractivity contribution is -0.120. The first-order chi connectivity index (χ1) is 14.9. The van der Waals surface area contributed by atoms with Crippen LogP contribution >= 0.6 is 23.4 Å². The molecule has 1 aliphatic rings. The lowest BCUT2D eigenvalue weighted by atomic mass is 9.86. The second kappa shape index (κ2) is 11.3. The standard InChI is InChI=1S/C22H28ClN5O2S/c1-15-7-3-6-10-18(15)25-21(30)14-31-22-27-26-19(28(22)2)13-24-20(29)12-11-16-8-4-5-9-17(16)23/h4-5,8-9,11-12,15,18H,3,6-7,10,13-14H2,1-2H3,(H,24,29)(H,25,30)/b12-11+/t15-,18-/m1/s1. The summed E-state index contributed by atoms with van der Waals surface area (Å²) in [5.41, 5.74) is 0.776. The SMILES string of the molecule is C[C@@H]1CCCC[C@H]1NC(=O)CSc1nnc(CNC(=O)/C=C/c2ccccc2Cl)n1C. The van der Waals surface area contributed by atoms with Crippen molar-refractivity contribution < 1.29 is 9.59 Å². The molecule has 1 saturated carbocycles. The third kappa shape index (κ3) is 6.83.